The number of carbonyl (C=O) groups excluding carboxylic acids is 3. The number of rotatable bonds is 6. The zero-order valence-electron chi connectivity index (χ0n) is 19.6. The number of ether oxygens (including phenoxy) is 2. The maximum Gasteiger partial charge on any atom is 0.238 e. The van der Waals surface area contributed by atoms with E-state index < -0.39 is 0 Å². The summed E-state index contributed by atoms with van der Waals surface area (Å²) < 4.78 is 11.2. The number of nitrogens with one attached hydrogen (secondary N) is 2. The molecule has 3 amide bonds. The largest absolute Gasteiger partial charge is 0.486 e. The topological polar surface area (TPSA) is 100 Å². The van der Waals surface area contributed by atoms with Gasteiger partial charge in [-0.05, 0) is 37.1 Å². The highest BCUT2D eigenvalue weighted by Crippen LogP contribution is 2.36. The van der Waals surface area contributed by atoms with Crippen LogP contribution < -0.4 is 25.0 Å². The first-order valence-electron chi connectivity index (χ1n) is 12.1. The Kier molecular flexibility index (Phi) is 6.85. The number of nitrogens with zero attached hydrogens (tertiary/aromatic N) is 2. The van der Waals surface area contributed by atoms with E-state index in [0.29, 0.717) is 37.8 Å². The quantitative estimate of drug-likeness (QED) is 0.659. The van der Waals surface area contributed by atoms with E-state index in [9.17, 15) is 14.4 Å². The zero-order valence-corrected chi connectivity index (χ0v) is 19.6. The van der Waals surface area contributed by atoms with Crippen molar-refractivity contribution in [2.24, 2.45) is 5.92 Å². The Bertz CT molecular complexity index is 1080. The van der Waals surface area contributed by atoms with Gasteiger partial charge in [0.05, 0.1) is 12.5 Å². The van der Waals surface area contributed by atoms with Crippen molar-refractivity contribution in [3.8, 4) is 11.5 Å². The number of likely N-dealkylation sites (tertiary alicyclic amines) is 1. The molecule has 2 N–H and O–H groups in total. The molecule has 9 heteroatoms. The first-order chi connectivity index (χ1) is 17.0. The van der Waals surface area contributed by atoms with Gasteiger partial charge < -0.3 is 25.0 Å². The highest BCUT2D eigenvalue weighted by Gasteiger charge is 2.36. The van der Waals surface area contributed by atoms with Crippen molar-refractivity contribution < 1.29 is 23.9 Å². The Morgan fingerprint density at radius 2 is 1.71 bits per heavy atom. The zero-order chi connectivity index (χ0) is 24.2. The number of fused-ring (bicyclic) bond motifs is 1. The maximum atomic E-state index is 12.9. The molecule has 184 valence electrons. The van der Waals surface area contributed by atoms with Gasteiger partial charge in [0.15, 0.2) is 11.5 Å². The summed E-state index contributed by atoms with van der Waals surface area (Å²) in [6.45, 7) is 3.14. The third kappa shape index (κ3) is 5.57. The van der Waals surface area contributed by atoms with Gasteiger partial charge in [0, 0.05) is 49.5 Å². The van der Waals surface area contributed by atoms with Gasteiger partial charge in [-0.25, -0.2) is 0 Å². The van der Waals surface area contributed by atoms with Crippen LogP contribution in [0.25, 0.3) is 0 Å². The number of carbonyl (C=O) groups is 3. The predicted octanol–water partition coefficient (Wildman–Crippen LogP) is 2.03. The van der Waals surface area contributed by atoms with Gasteiger partial charge in [-0.15, -0.1) is 0 Å². The molecule has 35 heavy (non-hydrogen) atoms. The fourth-order valence-electron chi connectivity index (χ4n) is 4.81. The van der Waals surface area contributed by atoms with Crippen molar-refractivity contribution in [1.82, 2.24) is 10.2 Å². The molecule has 0 bridgehead atoms. The first-order valence-corrected chi connectivity index (χ1v) is 12.1. The molecular formula is C26H30N4O5. The summed E-state index contributed by atoms with van der Waals surface area (Å²) >= 11 is 0. The smallest absolute Gasteiger partial charge is 0.238 e. The molecule has 0 aliphatic carbocycles. The summed E-state index contributed by atoms with van der Waals surface area (Å²) in [7, 11) is 0. The Balaban J connectivity index is 1.08. The van der Waals surface area contributed by atoms with Gasteiger partial charge in [-0.1, -0.05) is 18.2 Å². The Morgan fingerprint density at radius 3 is 2.49 bits per heavy atom. The van der Waals surface area contributed by atoms with Crippen LogP contribution in [0.3, 0.4) is 0 Å². The molecule has 2 saturated heterocycles. The maximum absolute atomic E-state index is 12.9. The van der Waals surface area contributed by atoms with Crippen LogP contribution in [-0.2, 0) is 14.4 Å². The van der Waals surface area contributed by atoms with Gasteiger partial charge in [0.25, 0.3) is 0 Å². The van der Waals surface area contributed by atoms with E-state index in [2.05, 4.69) is 15.5 Å². The molecule has 3 heterocycles. The normalized spacial score (nSPS) is 20.5. The van der Waals surface area contributed by atoms with E-state index in [0.717, 1.165) is 37.3 Å². The van der Waals surface area contributed by atoms with Crippen LogP contribution in [0.1, 0.15) is 19.3 Å². The third-order valence-electron chi connectivity index (χ3n) is 6.69. The molecule has 2 aromatic rings. The van der Waals surface area contributed by atoms with Crippen LogP contribution in [0.5, 0.6) is 11.5 Å². The number of hydrogen-bond donors (Lipinski definition) is 2. The van der Waals surface area contributed by atoms with Crippen molar-refractivity contribution in [1.29, 1.82) is 0 Å². The van der Waals surface area contributed by atoms with E-state index in [-0.39, 0.29) is 36.1 Å². The molecule has 0 radical (unpaired) electrons. The van der Waals surface area contributed by atoms with Crippen molar-refractivity contribution in [3.63, 3.8) is 0 Å². The molecule has 0 saturated carbocycles. The molecule has 3 aliphatic heterocycles. The number of para-hydroxylation sites is 1. The predicted molar refractivity (Wildman–Crippen MR) is 131 cm³/mol. The number of benzene rings is 2. The molecule has 0 aromatic heterocycles. The molecular weight excluding hydrogens is 448 g/mol. The highest BCUT2D eigenvalue weighted by molar-refractivity contribution is 6.00. The molecule has 2 fully saturated rings. The van der Waals surface area contributed by atoms with Crippen LogP contribution in [0.15, 0.2) is 48.5 Å². The number of amides is 3. The van der Waals surface area contributed by atoms with Crippen molar-refractivity contribution >= 4 is 29.1 Å². The monoisotopic (exact) mass is 478 g/mol. The molecule has 2 aromatic carbocycles. The van der Waals surface area contributed by atoms with E-state index in [4.69, 9.17) is 9.47 Å². The van der Waals surface area contributed by atoms with Crippen LogP contribution in [-0.4, -0.2) is 68.1 Å². The molecule has 5 rings (SSSR count). The summed E-state index contributed by atoms with van der Waals surface area (Å²) in [6.07, 6.45) is 1.74. The SMILES string of the molecule is O=C(CN1CCC(NC(=O)C2CC(=O)N(c3ccc4c(c3)OCCO4)C2)CC1)Nc1ccccc1. The van der Waals surface area contributed by atoms with E-state index in [1.807, 2.05) is 36.4 Å². The summed E-state index contributed by atoms with van der Waals surface area (Å²) in [5, 5.41) is 6.03. The number of piperidine rings is 1. The third-order valence-corrected chi connectivity index (χ3v) is 6.69. The van der Waals surface area contributed by atoms with Crippen LogP contribution in [0, 0.1) is 5.92 Å². The average molecular weight is 479 g/mol. The second-order valence-electron chi connectivity index (χ2n) is 9.21. The van der Waals surface area contributed by atoms with E-state index in [1.165, 1.54) is 0 Å². The second-order valence-corrected chi connectivity index (χ2v) is 9.21. The standard InChI is InChI=1S/C26H30N4O5/c31-24(27-19-4-2-1-3-5-19)17-29-10-8-20(9-11-29)28-26(33)18-14-25(32)30(16-18)21-6-7-22-23(15-21)35-13-12-34-22/h1-7,15,18,20H,8-14,16-17H2,(H,27,31)(H,28,33). The minimum atomic E-state index is -0.384. The van der Waals surface area contributed by atoms with Crippen LogP contribution in [0.2, 0.25) is 0 Å². The second kappa shape index (κ2) is 10.4. The van der Waals surface area contributed by atoms with Crippen molar-refractivity contribution in [2.75, 3.05) is 49.6 Å². The molecule has 1 unspecified atom stereocenters. The lowest BCUT2D eigenvalue weighted by Crippen LogP contribution is -2.48. The summed E-state index contributed by atoms with van der Waals surface area (Å²) in [5.41, 5.74) is 1.51. The lowest BCUT2D eigenvalue weighted by Gasteiger charge is -2.32. The molecule has 3 aliphatic rings. The molecule has 0 spiro atoms. The Labute approximate surface area is 204 Å². The van der Waals surface area contributed by atoms with Gasteiger partial charge in [0.2, 0.25) is 17.7 Å². The first kappa shape index (κ1) is 23.2. The number of anilines is 2. The minimum absolute atomic E-state index is 0.0395. The summed E-state index contributed by atoms with van der Waals surface area (Å²) in [5.74, 6) is 0.719. The Morgan fingerprint density at radius 1 is 0.971 bits per heavy atom. The van der Waals surface area contributed by atoms with Crippen LogP contribution in [0.4, 0.5) is 11.4 Å². The fourth-order valence-corrected chi connectivity index (χ4v) is 4.81. The van der Waals surface area contributed by atoms with Gasteiger partial charge >= 0.3 is 0 Å². The average Bonchev–Trinajstić information content (AvgIpc) is 3.27. The minimum Gasteiger partial charge on any atom is -0.486 e. The molecule has 9 nitrogen and oxygen atoms in total. The Hall–Kier alpha value is -3.59. The van der Waals surface area contributed by atoms with Crippen molar-refractivity contribution in [3.05, 3.63) is 48.5 Å². The van der Waals surface area contributed by atoms with Crippen LogP contribution >= 0.6 is 0 Å². The van der Waals surface area contributed by atoms with E-state index >= 15 is 0 Å². The summed E-state index contributed by atoms with van der Waals surface area (Å²) in [4.78, 5) is 41.6. The van der Waals surface area contributed by atoms with Gasteiger partial charge in [-0.2, -0.15) is 0 Å². The fraction of sp³-hybridized carbons (Fsp3) is 0.423. The summed E-state index contributed by atoms with van der Waals surface area (Å²) in [6, 6.07) is 14.9. The van der Waals surface area contributed by atoms with E-state index in [1.54, 1.807) is 17.0 Å². The highest BCUT2D eigenvalue weighted by atomic mass is 16.6. The van der Waals surface area contributed by atoms with Crippen molar-refractivity contribution in [2.45, 2.75) is 25.3 Å². The molecule has 1 atom stereocenters. The lowest BCUT2D eigenvalue weighted by molar-refractivity contribution is -0.127. The van der Waals surface area contributed by atoms with Gasteiger partial charge in [-0.3, -0.25) is 19.3 Å². The lowest BCUT2D eigenvalue weighted by atomic mass is 10.0. The number of hydrogen-bond acceptors (Lipinski definition) is 6. The van der Waals surface area contributed by atoms with Gasteiger partial charge in [0.1, 0.15) is 13.2 Å².